The van der Waals surface area contributed by atoms with Gasteiger partial charge in [-0.3, -0.25) is 4.90 Å². The molecule has 0 radical (unpaired) electrons. The second-order valence-electron chi connectivity index (χ2n) is 11.7. The van der Waals surface area contributed by atoms with Gasteiger partial charge in [0.1, 0.15) is 17.6 Å². The number of alkyl halides is 3. The predicted molar refractivity (Wildman–Crippen MR) is 148 cm³/mol. The number of carboxylic acid groups (broad SMARTS) is 1. The zero-order valence-corrected chi connectivity index (χ0v) is 24.6. The third kappa shape index (κ3) is 6.86. The molecule has 4 atom stereocenters. The first-order valence-electron chi connectivity index (χ1n) is 13.3. The summed E-state index contributed by atoms with van der Waals surface area (Å²) in [6, 6.07) is 3.98. The minimum atomic E-state index is -4.54. The average Bonchev–Trinajstić information content (AvgIpc) is 3.22. The topological polar surface area (TPSA) is 104 Å². The number of carbonyl (C=O) groups is 2. The molecule has 9 nitrogen and oxygen atoms in total. The third-order valence-corrected chi connectivity index (χ3v) is 7.17. The lowest BCUT2D eigenvalue weighted by molar-refractivity contribution is -0.145. The lowest BCUT2D eigenvalue weighted by Gasteiger charge is -2.35. The van der Waals surface area contributed by atoms with Gasteiger partial charge in [-0.25, -0.2) is 14.6 Å². The minimum Gasteiger partial charge on any atom is -0.496 e. The maximum absolute atomic E-state index is 13.6. The number of nitrogens with zero attached hydrogens (tertiary/aromatic N) is 3. The van der Waals surface area contributed by atoms with E-state index in [-0.39, 0.29) is 12.3 Å². The summed E-state index contributed by atoms with van der Waals surface area (Å²) in [6.07, 6.45) is -4.22. The number of hydrogen-bond acceptors (Lipinski definition) is 7. The molecular formula is C29H39F3N4O5. The Balaban J connectivity index is 2.20. The van der Waals surface area contributed by atoms with E-state index >= 15 is 0 Å². The van der Waals surface area contributed by atoms with E-state index in [2.05, 4.69) is 10.3 Å². The fourth-order valence-electron chi connectivity index (χ4n) is 5.58. The highest BCUT2D eigenvalue weighted by atomic mass is 19.4. The maximum Gasteiger partial charge on any atom is 0.416 e. The molecule has 1 aromatic heterocycles. The number of ether oxygens (including phenoxy) is 2. The Morgan fingerprint density at radius 3 is 2.34 bits per heavy atom. The predicted octanol–water partition coefficient (Wildman–Crippen LogP) is 5.35. The summed E-state index contributed by atoms with van der Waals surface area (Å²) < 4.78 is 50.8. The second-order valence-corrected chi connectivity index (χ2v) is 11.7. The SMILES string of the molecule is COc1cc(C(F)(F)F)ccc1CN[C@H]1[C@H](C(C)(C)C)[C@@H](C(=O)O)N(C(=O)OC(C)C)[C@H]1c1cccnc1N(C)C. The molecule has 3 rings (SSSR count). The maximum atomic E-state index is 13.6. The molecule has 0 bridgehead atoms. The van der Waals surface area contributed by atoms with Gasteiger partial charge in [0.05, 0.1) is 24.8 Å². The third-order valence-electron chi connectivity index (χ3n) is 7.17. The Kier molecular flexibility index (Phi) is 9.47. The number of benzene rings is 1. The number of carboxylic acids is 1. The fourth-order valence-corrected chi connectivity index (χ4v) is 5.58. The summed E-state index contributed by atoms with van der Waals surface area (Å²) >= 11 is 0. The number of nitrogens with one attached hydrogen (secondary N) is 1. The first-order chi connectivity index (χ1) is 19.0. The number of pyridine rings is 1. The van der Waals surface area contributed by atoms with Crippen molar-refractivity contribution in [2.75, 3.05) is 26.1 Å². The molecule has 1 fully saturated rings. The largest absolute Gasteiger partial charge is 0.496 e. The number of methoxy groups -OCH3 is 1. The summed E-state index contributed by atoms with van der Waals surface area (Å²) in [4.78, 5) is 34.0. The van der Waals surface area contributed by atoms with Crippen LogP contribution in [-0.2, 0) is 22.3 Å². The standard InChI is InChI=1S/C29H39F3N4O5/c1-16(2)41-27(39)36-23(19-10-9-13-33-25(19)35(6)7)22(21(28(3,4)5)24(36)26(37)38)34-15-17-11-12-18(29(30,31)32)14-20(17)40-8/h9-14,16,21-24,34H,15H2,1-8H3,(H,37,38)/t21-,22-,23-,24-/m0/s1. The smallest absolute Gasteiger partial charge is 0.416 e. The summed E-state index contributed by atoms with van der Waals surface area (Å²) in [6.45, 7) is 9.10. The Bertz CT molecular complexity index is 1250. The Hall–Kier alpha value is -3.54. The Morgan fingerprint density at radius 1 is 1.17 bits per heavy atom. The van der Waals surface area contributed by atoms with Crippen LogP contribution >= 0.6 is 0 Å². The van der Waals surface area contributed by atoms with Crippen LogP contribution in [0.3, 0.4) is 0 Å². The van der Waals surface area contributed by atoms with Crippen LogP contribution in [0.4, 0.5) is 23.8 Å². The van der Waals surface area contributed by atoms with Gasteiger partial charge in [-0.1, -0.05) is 32.9 Å². The number of likely N-dealkylation sites (tertiary alicyclic amines) is 1. The van der Waals surface area contributed by atoms with Crippen LogP contribution in [0.1, 0.15) is 57.4 Å². The van der Waals surface area contributed by atoms with Crippen molar-refractivity contribution in [3.8, 4) is 5.75 Å². The fraction of sp³-hybridized carbons (Fsp3) is 0.552. The van der Waals surface area contributed by atoms with Crippen molar-refractivity contribution in [2.45, 2.75) is 71.6 Å². The quantitative estimate of drug-likeness (QED) is 0.431. The van der Waals surface area contributed by atoms with Crippen molar-refractivity contribution in [1.82, 2.24) is 15.2 Å². The second kappa shape index (κ2) is 12.1. The molecule has 0 saturated carbocycles. The van der Waals surface area contributed by atoms with Crippen molar-refractivity contribution < 1.29 is 37.3 Å². The number of anilines is 1. The summed E-state index contributed by atoms with van der Waals surface area (Å²) in [5.41, 5.74) is -0.422. The molecule has 2 heterocycles. The van der Waals surface area contributed by atoms with Crippen LogP contribution in [0.25, 0.3) is 0 Å². The van der Waals surface area contributed by atoms with Gasteiger partial charge in [-0.2, -0.15) is 13.2 Å². The molecule has 12 heteroatoms. The number of hydrogen-bond donors (Lipinski definition) is 2. The zero-order valence-electron chi connectivity index (χ0n) is 24.6. The highest BCUT2D eigenvalue weighted by Gasteiger charge is 2.59. The van der Waals surface area contributed by atoms with E-state index < -0.39 is 59.4 Å². The van der Waals surface area contributed by atoms with E-state index in [4.69, 9.17) is 9.47 Å². The normalized spacial score (nSPS) is 21.2. The van der Waals surface area contributed by atoms with Crippen molar-refractivity contribution in [2.24, 2.45) is 11.3 Å². The van der Waals surface area contributed by atoms with Crippen molar-refractivity contribution in [3.05, 3.63) is 53.2 Å². The minimum absolute atomic E-state index is 0.0374. The summed E-state index contributed by atoms with van der Waals surface area (Å²) in [7, 11) is 4.88. The van der Waals surface area contributed by atoms with E-state index in [1.807, 2.05) is 20.8 Å². The monoisotopic (exact) mass is 580 g/mol. The Labute approximate surface area is 238 Å². The molecule has 2 aromatic rings. The van der Waals surface area contributed by atoms with Crippen LogP contribution in [0.5, 0.6) is 5.75 Å². The van der Waals surface area contributed by atoms with Gasteiger partial charge in [-0.15, -0.1) is 0 Å². The van der Waals surface area contributed by atoms with Crippen LogP contribution in [0, 0.1) is 11.3 Å². The summed E-state index contributed by atoms with van der Waals surface area (Å²) in [5, 5.41) is 13.9. The van der Waals surface area contributed by atoms with Crippen molar-refractivity contribution in [1.29, 1.82) is 0 Å². The first kappa shape index (κ1) is 32.0. The van der Waals surface area contributed by atoms with Crippen LogP contribution < -0.4 is 15.0 Å². The van der Waals surface area contributed by atoms with Crippen molar-refractivity contribution in [3.63, 3.8) is 0 Å². The van der Waals surface area contributed by atoms with E-state index in [1.165, 1.54) is 18.1 Å². The number of aromatic nitrogens is 1. The first-order valence-corrected chi connectivity index (χ1v) is 13.3. The van der Waals surface area contributed by atoms with Gasteiger partial charge >= 0.3 is 18.2 Å². The average molecular weight is 581 g/mol. The molecule has 1 saturated heterocycles. The number of aliphatic carboxylic acids is 1. The van der Waals surface area contributed by atoms with Gasteiger partial charge in [0, 0.05) is 49.9 Å². The number of amides is 1. The van der Waals surface area contributed by atoms with E-state index in [0.717, 1.165) is 12.1 Å². The number of halogens is 3. The van der Waals surface area contributed by atoms with E-state index in [9.17, 15) is 27.9 Å². The molecule has 1 aromatic carbocycles. The molecule has 0 unspecified atom stereocenters. The molecule has 41 heavy (non-hydrogen) atoms. The van der Waals surface area contributed by atoms with Crippen LogP contribution in [-0.4, -0.2) is 66.4 Å². The number of carbonyl (C=O) groups excluding carboxylic acids is 1. The molecule has 0 spiro atoms. The lowest BCUT2D eigenvalue weighted by Crippen LogP contribution is -2.48. The van der Waals surface area contributed by atoms with Gasteiger partial charge < -0.3 is 24.8 Å². The number of rotatable bonds is 8. The summed E-state index contributed by atoms with van der Waals surface area (Å²) in [5.74, 6) is -1.25. The van der Waals surface area contributed by atoms with Gasteiger partial charge in [-0.05, 0) is 37.5 Å². The van der Waals surface area contributed by atoms with Crippen LogP contribution in [0.15, 0.2) is 36.5 Å². The highest BCUT2D eigenvalue weighted by molar-refractivity contribution is 5.82. The van der Waals surface area contributed by atoms with Gasteiger partial charge in [0.15, 0.2) is 0 Å². The van der Waals surface area contributed by atoms with Gasteiger partial charge in [0.25, 0.3) is 0 Å². The molecule has 1 aliphatic rings. The molecule has 2 N–H and O–H groups in total. The molecule has 1 aliphatic heterocycles. The van der Waals surface area contributed by atoms with E-state index in [0.29, 0.717) is 16.9 Å². The highest BCUT2D eigenvalue weighted by Crippen LogP contribution is 2.50. The Morgan fingerprint density at radius 2 is 1.83 bits per heavy atom. The molecular weight excluding hydrogens is 541 g/mol. The van der Waals surface area contributed by atoms with Crippen LogP contribution in [0.2, 0.25) is 0 Å². The van der Waals surface area contributed by atoms with Crippen molar-refractivity contribution >= 4 is 17.9 Å². The molecule has 1 amide bonds. The van der Waals surface area contributed by atoms with E-state index in [1.54, 1.807) is 51.2 Å². The zero-order chi connectivity index (χ0) is 30.9. The lowest BCUT2D eigenvalue weighted by atomic mass is 9.72. The molecule has 226 valence electrons. The van der Waals surface area contributed by atoms with Gasteiger partial charge in [0.2, 0.25) is 0 Å². The molecule has 0 aliphatic carbocycles.